The Morgan fingerprint density at radius 3 is 1.83 bits per heavy atom. The average molecular weight is 386 g/mol. The van der Waals surface area contributed by atoms with E-state index in [9.17, 15) is 9.59 Å². The molecule has 0 heterocycles. The van der Waals surface area contributed by atoms with Gasteiger partial charge in [0.15, 0.2) is 3.74 Å². The SMILES string of the molecule is CC(C)C(=O)O[C@H]1CCCC[C@H]1OC(=O)C(Br)Br. The highest BCUT2D eigenvalue weighted by molar-refractivity contribution is 9.25. The molecular weight excluding hydrogens is 368 g/mol. The Bertz CT molecular complexity index is 274. The number of carbonyl (C=O) groups excluding carboxylic acids is 2. The van der Waals surface area contributed by atoms with E-state index in [1.165, 1.54) is 0 Å². The van der Waals surface area contributed by atoms with Gasteiger partial charge in [-0.1, -0.05) is 45.7 Å². The van der Waals surface area contributed by atoms with Crippen LogP contribution in [0, 0.1) is 5.92 Å². The molecule has 0 unspecified atom stereocenters. The third-order valence-corrected chi connectivity index (χ3v) is 3.57. The van der Waals surface area contributed by atoms with Crippen LogP contribution in [0.1, 0.15) is 39.5 Å². The second kappa shape index (κ2) is 7.48. The van der Waals surface area contributed by atoms with Gasteiger partial charge in [0.1, 0.15) is 12.2 Å². The van der Waals surface area contributed by atoms with Gasteiger partial charge in [0.25, 0.3) is 0 Å². The summed E-state index contributed by atoms with van der Waals surface area (Å²) in [6, 6.07) is 0. The quantitative estimate of drug-likeness (QED) is 0.551. The van der Waals surface area contributed by atoms with E-state index in [2.05, 4.69) is 31.9 Å². The van der Waals surface area contributed by atoms with Crippen LogP contribution in [0.15, 0.2) is 0 Å². The average Bonchev–Trinajstić information content (AvgIpc) is 2.31. The highest BCUT2D eigenvalue weighted by Gasteiger charge is 2.32. The number of rotatable bonds is 4. The van der Waals surface area contributed by atoms with Crippen LogP contribution >= 0.6 is 31.9 Å². The number of alkyl halides is 2. The normalized spacial score (nSPS) is 24.1. The van der Waals surface area contributed by atoms with E-state index in [0.29, 0.717) is 0 Å². The summed E-state index contributed by atoms with van der Waals surface area (Å²) in [5, 5.41) is 0. The standard InChI is InChI=1S/C12H18Br2O4/c1-7(2)11(15)17-8-5-3-4-6-9(8)18-12(16)10(13)14/h7-10H,3-6H2,1-2H3/t8-,9+/m0/s1. The van der Waals surface area contributed by atoms with Crippen LogP contribution in [0.4, 0.5) is 0 Å². The zero-order chi connectivity index (χ0) is 13.7. The Labute approximate surface area is 124 Å². The molecule has 0 N–H and O–H groups in total. The van der Waals surface area contributed by atoms with Crippen molar-refractivity contribution in [2.75, 3.05) is 0 Å². The fourth-order valence-corrected chi connectivity index (χ4v) is 2.03. The molecule has 0 aromatic heterocycles. The maximum absolute atomic E-state index is 11.6. The second-order valence-electron chi connectivity index (χ2n) is 4.69. The molecule has 0 spiro atoms. The minimum atomic E-state index is -0.520. The highest BCUT2D eigenvalue weighted by Crippen LogP contribution is 2.26. The molecule has 0 amide bonds. The molecule has 1 saturated carbocycles. The number of carbonyl (C=O) groups is 2. The van der Waals surface area contributed by atoms with E-state index in [1.807, 2.05) is 0 Å². The van der Waals surface area contributed by atoms with Crippen LogP contribution in [0.25, 0.3) is 0 Å². The van der Waals surface area contributed by atoms with Gasteiger partial charge >= 0.3 is 11.9 Å². The molecule has 0 saturated heterocycles. The zero-order valence-corrected chi connectivity index (χ0v) is 13.7. The highest BCUT2D eigenvalue weighted by atomic mass is 79.9. The molecule has 4 nitrogen and oxygen atoms in total. The Morgan fingerprint density at radius 1 is 1.00 bits per heavy atom. The molecule has 1 rings (SSSR count). The van der Waals surface area contributed by atoms with Crippen molar-refractivity contribution in [1.29, 1.82) is 0 Å². The third kappa shape index (κ3) is 4.88. The van der Waals surface area contributed by atoms with Crippen LogP contribution in [0.3, 0.4) is 0 Å². The van der Waals surface area contributed by atoms with Crippen LogP contribution < -0.4 is 0 Å². The summed E-state index contributed by atoms with van der Waals surface area (Å²) in [5.74, 6) is -0.784. The summed E-state index contributed by atoms with van der Waals surface area (Å²) < 4.78 is 10.2. The number of hydrogen-bond donors (Lipinski definition) is 0. The first-order valence-corrected chi connectivity index (χ1v) is 7.94. The maximum atomic E-state index is 11.6. The molecule has 1 aliphatic carbocycles. The van der Waals surface area contributed by atoms with E-state index in [0.717, 1.165) is 25.7 Å². The minimum absolute atomic E-state index is 0.164. The lowest BCUT2D eigenvalue weighted by atomic mass is 9.94. The molecule has 18 heavy (non-hydrogen) atoms. The first-order valence-electron chi connectivity index (χ1n) is 6.11. The molecule has 0 radical (unpaired) electrons. The van der Waals surface area contributed by atoms with Crippen molar-refractivity contribution in [2.24, 2.45) is 5.92 Å². The maximum Gasteiger partial charge on any atom is 0.331 e. The van der Waals surface area contributed by atoms with Gasteiger partial charge in [0.2, 0.25) is 0 Å². The number of esters is 2. The van der Waals surface area contributed by atoms with Gasteiger partial charge in [-0.25, -0.2) is 4.79 Å². The molecular formula is C12H18Br2O4. The van der Waals surface area contributed by atoms with Crippen molar-refractivity contribution in [3.63, 3.8) is 0 Å². The van der Waals surface area contributed by atoms with E-state index in [-0.39, 0.29) is 30.1 Å². The number of halogens is 2. The van der Waals surface area contributed by atoms with Crippen LogP contribution in [-0.4, -0.2) is 27.9 Å². The Balaban J connectivity index is 2.57. The second-order valence-corrected chi connectivity index (χ2v) is 7.75. The predicted octanol–water partition coefficient (Wildman–Crippen LogP) is 3.16. The first kappa shape index (κ1) is 16.0. The molecule has 2 atom stereocenters. The Hall–Kier alpha value is -0.100. The van der Waals surface area contributed by atoms with Crippen molar-refractivity contribution in [3.05, 3.63) is 0 Å². The lowest BCUT2D eigenvalue weighted by molar-refractivity contribution is -0.172. The molecule has 0 aliphatic heterocycles. The van der Waals surface area contributed by atoms with Gasteiger partial charge in [-0.05, 0) is 25.7 Å². The number of hydrogen-bond acceptors (Lipinski definition) is 4. The van der Waals surface area contributed by atoms with Gasteiger partial charge in [0.05, 0.1) is 5.92 Å². The van der Waals surface area contributed by atoms with E-state index < -0.39 is 3.74 Å². The summed E-state index contributed by atoms with van der Waals surface area (Å²) >= 11 is 6.19. The van der Waals surface area contributed by atoms with Crippen LogP contribution in [-0.2, 0) is 19.1 Å². The zero-order valence-electron chi connectivity index (χ0n) is 10.5. The topological polar surface area (TPSA) is 52.6 Å². The van der Waals surface area contributed by atoms with Crippen molar-refractivity contribution in [3.8, 4) is 0 Å². The van der Waals surface area contributed by atoms with E-state index in [4.69, 9.17) is 9.47 Å². The van der Waals surface area contributed by atoms with Crippen molar-refractivity contribution in [2.45, 2.75) is 55.5 Å². The molecule has 104 valence electrons. The number of ether oxygens (including phenoxy) is 2. The Kier molecular flexibility index (Phi) is 6.63. The Morgan fingerprint density at radius 2 is 1.44 bits per heavy atom. The first-order chi connectivity index (χ1) is 8.41. The van der Waals surface area contributed by atoms with Crippen LogP contribution in [0.2, 0.25) is 0 Å². The lowest BCUT2D eigenvalue weighted by Gasteiger charge is -2.31. The van der Waals surface area contributed by atoms with Gasteiger partial charge in [0, 0.05) is 0 Å². The van der Waals surface area contributed by atoms with Gasteiger partial charge in [-0.15, -0.1) is 0 Å². The van der Waals surface area contributed by atoms with Crippen molar-refractivity contribution in [1.82, 2.24) is 0 Å². The minimum Gasteiger partial charge on any atom is -0.458 e. The smallest absolute Gasteiger partial charge is 0.331 e. The summed E-state index contributed by atoms with van der Waals surface area (Å²) in [7, 11) is 0. The molecule has 0 bridgehead atoms. The lowest BCUT2D eigenvalue weighted by Crippen LogP contribution is -2.39. The van der Waals surface area contributed by atoms with E-state index >= 15 is 0 Å². The summed E-state index contributed by atoms with van der Waals surface area (Å²) in [5.41, 5.74) is 0. The summed E-state index contributed by atoms with van der Waals surface area (Å²) in [6.07, 6.45) is 2.85. The summed E-state index contributed by atoms with van der Waals surface area (Å²) in [6.45, 7) is 3.58. The molecule has 0 aromatic rings. The fraction of sp³-hybridized carbons (Fsp3) is 0.833. The monoisotopic (exact) mass is 384 g/mol. The van der Waals surface area contributed by atoms with Gasteiger partial charge < -0.3 is 9.47 Å². The molecule has 6 heteroatoms. The molecule has 1 aliphatic rings. The predicted molar refractivity (Wildman–Crippen MR) is 74.7 cm³/mol. The van der Waals surface area contributed by atoms with E-state index in [1.54, 1.807) is 13.8 Å². The molecule has 0 aromatic carbocycles. The van der Waals surface area contributed by atoms with Gasteiger partial charge in [-0.3, -0.25) is 4.79 Å². The fourth-order valence-electron chi connectivity index (χ4n) is 1.82. The largest absolute Gasteiger partial charge is 0.458 e. The molecule has 1 fully saturated rings. The van der Waals surface area contributed by atoms with Gasteiger partial charge in [-0.2, -0.15) is 0 Å². The third-order valence-electron chi connectivity index (χ3n) is 2.83. The van der Waals surface area contributed by atoms with Crippen molar-refractivity contribution >= 4 is 43.8 Å². The summed E-state index contributed by atoms with van der Waals surface area (Å²) in [4.78, 5) is 23.1. The van der Waals surface area contributed by atoms with Crippen LogP contribution in [0.5, 0.6) is 0 Å². The van der Waals surface area contributed by atoms with Crippen molar-refractivity contribution < 1.29 is 19.1 Å².